The van der Waals surface area contributed by atoms with E-state index in [2.05, 4.69) is 41.2 Å². The Hall–Kier alpha value is -2.22. The molecule has 82 valence electrons. The van der Waals surface area contributed by atoms with Gasteiger partial charge in [0.25, 0.3) is 0 Å². The van der Waals surface area contributed by atoms with Crippen LogP contribution in [0.15, 0.2) is 54.7 Å². The molecule has 0 saturated heterocycles. The second-order valence-corrected chi connectivity index (χ2v) is 4.11. The number of hydrogen-bond acceptors (Lipinski definition) is 2. The zero-order valence-corrected chi connectivity index (χ0v) is 9.59. The number of benzene rings is 1. The summed E-state index contributed by atoms with van der Waals surface area (Å²) in [6.45, 7) is 2.09. The Bertz CT molecular complexity index is 660. The third-order valence-electron chi connectivity index (χ3n) is 2.77. The van der Waals surface area contributed by atoms with Crippen LogP contribution in [0.5, 0.6) is 0 Å². The lowest BCUT2D eigenvalue weighted by Crippen LogP contribution is -1.87. The van der Waals surface area contributed by atoms with Crippen LogP contribution in [0, 0.1) is 6.92 Å². The van der Waals surface area contributed by atoms with Crippen molar-refractivity contribution in [3.8, 4) is 11.4 Å². The van der Waals surface area contributed by atoms with Crippen molar-refractivity contribution >= 4 is 10.9 Å². The van der Waals surface area contributed by atoms with Gasteiger partial charge < -0.3 is 0 Å². The van der Waals surface area contributed by atoms with Gasteiger partial charge in [-0.2, -0.15) is 0 Å². The first-order chi connectivity index (χ1) is 8.33. The third kappa shape index (κ3) is 1.89. The molecule has 0 radical (unpaired) electrons. The monoisotopic (exact) mass is 220 g/mol. The molecule has 3 rings (SSSR count). The van der Waals surface area contributed by atoms with Crippen LogP contribution < -0.4 is 0 Å². The van der Waals surface area contributed by atoms with Crippen molar-refractivity contribution in [1.82, 2.24) is 9.97 Å². The molecular formula is C15H12N2. The van der Waals surface area contributed by atoms with Gasteiger partial charge in [-0.3, -0.25) is 4.98 Å². The predicted octanol–water partition coefficient (Wildman–Crippen LogP) is 3.61. The van der Waals surface area contributed by atoms with Crippen molar-refractivity contribution in [1.29, 1.82) is 0 Å². The van der Waals surface area contributed by atoms with E-state index in [4.69, 9.17) is 0 Å². The topological polar surface area (TPSA) is 25.8 Å². The Labute approximate surface area is 100.0 Å². The van der Waals surface area contributed by atoms with E-state index in [1.165, 1.54) is 10.9 Å². The number of rotatable bonds is 1. The van der Waals surface area contributed by atoms with E-state index >= 15 is 0 Å². The highest BCUT2D eigenvalue weighted by Crippen LogP contribution is 2.19. The Morgan fingerprint density at radius 2 is 1.82 bits per heavy atom. The molecule has 0 atom stereocenters. The molecule has 2 heterocycles. The van der Waals surface area contributed by atoms with Gasteiger partial charge in [-0.1, -0.05) is 23.8 Å². The van der Waals surface area contributed by atoms with Gasteiger partial charge in [0.1, 0.15) is 0 Å². The smallest absolute Gasteiger partial charge is 0.0893 e. The summed E-state index contributed by atoms with van der Waals surface area (Å²) in [4.78, 5) is 8.93. The van der Waals surface area contributed by atoms with Gasteiger partial charge in [0.05, 0.1) is 16.9 Å². The van der Waals surface area contributed by atoms with Crippen LogP contribution >= 0.6 is 0 Å². The number of hydrogen-bond donors (Lipinski definition) is 0. The lowest BCUT2D eigenvalue weighted by atomic mass is 10.1. The molecule has 0 unspecified atom stereocenters. The molecule has 0 aliphatic heterocycles. The Kier molecular flexibility index (Phi) is 2.33. The lowest BCUT2D eigenvalue weighted by Gasteiger charge is -2.03. The van der Waals surface area contributed by atoms with Crippen molar-refractivity contribution in [2.24, 2.45) is 0 Å². The van der Waals surface area contributed by atoms with E-state index < -0.39 is 0 Å². The van der Waals surface area contributed by atoms with E-state index in [0.29, 0.717) is 0 Å². The van der Waals surface area contributed by atoms with Crippen LogP contribution in [0.4, 0.5) is 0 Å². The number of aryl methyl sites for hydroxylation is 1. The van der Waals surface area contributed by atoms with Crippen molar-refractivity contribution in [3.05, 3.63) is 60.3 Å². The van der Waals surface area contributed by atoms with E-state index in [0.717, 1.165) is 16.9 Å². The number of nitrogens with zero attached hydrogens (tertiary/aromatic N) is 2. The van der Waals surface area contributed by atoms with Gasteiger partial charge in [0, 0.05) is 11.6 Å². The molecule has 2 aromatic heterocycles. The number of fused-ring (bicyclic) bond motifs is 1. The molecular weight excluding hydrogens is 208 g/mol. The third-order valence-corrected chi connectivity index (χ3v) is 2.77. The van der Waals surface area contributed by atoms with Gasteiger partial charge in [0.2, 0.25) is 0 Å². The molecule has 0 aliphatic carbocycles. The second kappa shape index (κ2) is 3.98. The van der Waals surface area contributed by atoms with Crippen molar-refractivity contribution in [2.45, 2.75) is 6.92 Å². The molecule has 2 heteroatoms. The first-order valence-corrected chi connectivity index (χ1v) is 5.62. The zero-order valence-electron chi connectivity index (χ0n) is 9.59. The standard InChI is InChI=1S/C15H12N2/c1-11-5-7-13-12(10-11)6-8-15(17-13)14-4-2-3-9-16-14/h2-10H,1H3. The minimum absolute atomic E-state index is 0.912. The summed E-state index contributed by atoms with van der Waals surface area (Å²) in [6, 6.07) is 16.3. The first-order valence-electron chi connectivity index (χ1n) is 5.62. The maximum atomic E-state index is 4.62. The normalized spacial score (nSPS) is 10.6. The Balaban J connectivity index is 2.17. The van der Waals surface area contributed by atoms with Crippen LogP contribution in [-0.4, -0.2) is 9.97 Å². The maximum Gasteiger partial charge on any atom is 0.0893 e. The molecule has 17 heavy (non-hydrogen) atoms. The van der Waals surface area contributed by atoms with Crippen LogP contribution in [0.2, 0.25) is 0 Å². The first kappa shape index (κ1) is 9.97. The average molecular weight is 220 g/mol. The molecule has 0 fully saturated rings. The molecule has 0 bridgehead atoms. The lowest BCUT2D eigenvalue weighted by molar-refractivity contribution is 1.27. The molecule has 0 saturated carbocycles. The van der Waals surface area contributed by atoms with Crippen LogP contribution in [-0.2, 0) is 0 Å². The number of pyridine rings is 2. The summed E-state index contributed by atoms with van der Waals surface area (Å²) in [5, 5.41) is 1.17. The van der Waals surface area contributed by atoms with Gasteiger partial charge in [-0.05, 0) is 37.3 Å². The van der Waals surface area contributed by atoms with E-state index in [-0.39, 0.29) is 0 Å². The summed E-state index contributed by atoms with van der Waals surface area (Å²) >= 11 is 0. The summed E-state index contributed by atoms with van der Waals surface area (Å²) < 4.78 is 0. The molecule has 1 aromatic carbocycles. The largest absolute Gasteiger partial charge is 0.255 e. The zero-order chi connectivity index (χ0) is 11.7. The predicted molar refractivity (Wildman–Crippen MR) is 69.7 cm³/mol. The summed E-state index contributed by atoms with van der Waals surface area (Å²) in [6.07, 6.45) is 1.79. The molecule has 2 nitrogen and oxygen atoms in total. The van der Waals surface area contributed by atoms with E-state index in [1.807, 2.05) is 24.3 Å². The van der Waals surface area contributed by atoms with E-state index in [9.17, 15) is 0 Å². The van der Waals surface area contributed by atoms with Crippen molar-refractivity contribution < 1.29 is 0 Å². The summed E-state index contributed by atoms with van der Waals surface area (Å²) in [5.74, 6) is 0. The average Bonchev–Trinajstić information content (AvgIpc) is 2.39. The van der Waals surface area contributed by atoms with Crippen LogP contribution in [0.3, 0.4) is 0 Å². The Morgan fingerprint density at radius 1 is 0.882 bits per heavy atom. The van der Waals surface area contributed by atoms with Crippen molar-refractivity contribution in [2.75, 3.05) is 0 Å². The highest BCUT2D eigenvalue weighted by atomic mass is 14.8. The highest BCUT2D eigenvalue weighted by Gasteiger charge is 2.01. The SMILES string of the molecule is Cc1ccc2nc(-c3ccccn3)ccc2c1. The fourth-order valence-corrected chi connectivity index (χ4v) is 1.90. The van der Waals surface area contributed by atoms with Gasteiger partial charge in [0.15, 0.2) is 0 Å². The van der Waals surface area contributed by atoms with Crippen molar-refractivity contribution in [3.63, 3.8) is 0 Å². The summed E-state index contributed by atoms with van der Waals surface area (Å²) in [5.41, 5.74) is 4.10. The van der Waals surface area contributed by atoms with Gasteiger partial charge >= 0.3 is 0 Å². The fraction of sp³-hybridized carbons (Fsp3) is 0.0667. The summed E-state index contributed by atoms with van der Waals surface area (Å²) in [7, 11) is 0. The molecule has 3 aromatic rings. The van der Waals surface area contributed by atoms with Crippen LogP contribution in [0.25, 0.3) is 22.3 Å². The van der Waals surface area contributed by atoms with Gasteiger partial charge in [-0.15, -0.1) is 0 Å². The molecule has 0 amide bonds. The molecule has 0 spiro atoms. The molecule has 0 N–H and O–H groups in total. The number of aromatic nitrogens is 2. The quantitative estimate of drug-likeness (QED) is 0.626. The maximum absolute atomic E-state index is 4.62. The minimum atomic E-state index is 0.912. The van der Waals surface area contributed by atoms with Gasteiger partial charge in [-0.25, -0.2) is 4.98 Å². The fourth-order valence-electron chi connectivity index (χ4n) is 1.90. The highest BCUT2D eigenvalue weighted by molar-refractivity contribution is 5.81. The Morgan fingerprint density at radius 3 is 2.65 bits per heavy atom. The van der Waals surface area contributed by atoms with E-state index in [1.54, 1.807) is 6.20 Å². The second-order valence-electron chi connectivity index (χ2n) is 4.11. The van der Waals surface area contributed by atoms with Crippen LogP contribution in [0.1, 0.15) is 5.56 Å². The minimum Gasteiger partial charge on any atom is -0.255 e. The molecule has 0 aliphatic rings.